The number of rotatable bonds is 3. The van der Waals surface area contributed by atoms with Crippen molar-refractivity contribution in [3.05, 3.63) is 10.4 Å². The fraction of sp³-hybridized carbons (Fsp3) is 0.556. The second kappa shape index (κ2) is 4.52. The molecule has 0 aromatic carbocycles. The monoisotopic (exact) mass is 255 g/mol. The first-order valence-corrected chi connectivity index (χ1v) is 6.55. The van der Waals surface area contributed by atoms with E-state index in [2.05, 4.69) is 45.9 Å². The molecule has 86 valence electrons. The molecule has 0 aliphatic rings. The van der Waals surface area contributed by atoms with Gasteiger partial charge in [-0.25, -0.2) is 0 Å². The Morgan fingerprint density at radius 1 is 1.25 bits per heavy atom. The molecular formula is C9H13N5S2. The van der Waals surface area contributed by atoms with Crippen molar-refractivity contribution in [1.29, 1.82) is 0 Å². The number of hydrogen-bond donors (Lipinski definition) is 1. The van der Waals surface area contributed by atoms with E-state index in [0.717, 1.165) is 22.3 Å². The van der Waals surface area contributed by atoms with Crippen LogP contribution >= 0.6 is 22.9 Å². The minimum Gasteiger partial charge on any atom is -0.306 e. The van der Waals surface area contributed by atoms with Gasteiger partial charge in [-0.15, -0.1) is 15.3 Å². The topological polar surface area (TPSA) is 63.6 Å². The molecule has 0 aliphatic carbocycles. The molecule has 0 unspecified atom stereocenters. The molecule has 0 saturated heterocycles. The lowest BCUT2D eigenvalue weighted by molar-refractivity contribution is 0.423. The van der Waals surface area contributed by atoms with Gasteiger partial charge in [-0.1, -0.05) is 15.8 Å². The van der Waals surface area contributed by atoms with Gasteiger partial charge >= 0.3 is 0 Å². The van der Waals surface area contributed by atoms with Crippen LogP contribution in [0.5, 0.6) is 0 Å². The van der Waals surface area contributed by atoms with Crippen LogP contribution in [0.1, 0.15) is 25.8 Å². The summed E-state index contributed by atoms with van der Waals surface area (Å²) in [6.45, 7) is 7.11. The number of nitrogens with one attached hydrogen (secondary N) is 1. The molecule has 1 N–H and O–H groups in total. The molecule has 0 bridgehead atoms. The smallest absolute Gasteiger partial charge is 0.169 e. The Morgan fingerprint density at radius 2 is 2.06 bits per heavy atom. The van der Waals surface area contributed by atoms with Crippen LogP contribution in [-0.2, 0) is 6.54 Å². The highest BCUT2D eigenvalue weighted by Crippen LogP contribution is 2.22. The summed E-state index contributed by atoms with van der Waals surface area (Å²) >= 11 is 2.87. The maximum atomic E-state index is 4.12. The molecule has 5 nitrogen and oxygen atoms in total. The SMILES string of the molecule is CC(C)(C)NCc1nnc(-c2csnn2)s1. The van der Waals surface area contributed by atoms with E-state index in [4.69, 9.17) is 0 Å². The fourth-order valence-corrected chi connectivity index (χ4v) is 2.28. The third kappa shape index (κ3) is 3.03. The van der Waals surface area contributed by atoms with E-state index >= 15 is 0 Å². The summed E-state index contributed by atoms with van der Waals surface area (Å²) in [7, 11) is 0. The van der Waals surface area contributed by atoms with Gasteiger partial charge in [0.25, 0.3) is 0 Å². The van der Waals surface area contributed by atoms with E-state index in [-0.39, 0.29) is 5.54 Å². The van der Waals surface area contributed by atoms with Crippen LogP contribution in [0, 0.1) is 0 Å². The molecule has 2 rings (SSSR count). The first-order valence-electron chi connectivity index (χ1n) is 4.89. The van der Waals surface area contributed by atoms with Crippen LogP contribution in [0.4, 0.5) is 0 Å². The molecule has 2 aromatic heterocycles. The lowest BCUT2D eigenvalue weighted by Gasteiger charge is -2.19. The Morgan fingerprint density at radius 3 is 2.69 bits per heavy atom. The van der Waals surface area contributed by atoms with Crippen molar-refractivity contribution in [1.82, 2.24) is 25.1 Å². The van der Waals surface area contributed by atoms with E-state index < -0.39 is 0 Å². The Bertz CT molecular complexity index is 443. The summed E-state index contributed by atoms with van der Waals surface area (Å²) in [6.07, 6.45) is 0. The third-order valence-corrected chi connectivity index (χ3v) is 3.27. The molecule has 0 saturated carbocycles. The zero-order valence-electron chi connectivity index (χ0n) is 9.39. The summed E-state index contributed by atoms with van der Waals surface area (Å²) in [5.41, 5.74) is 0.901. The van der Waals surface area contributed by atoms with Gasteiger partial charge in [-0.3, -0.25) is 0 Å². The molecule has 0 atom stereocenters. The first kappa shape index (κ1) is 11.6. The van der Waals surface area contributed by atoms with Gasteiger partial charge in [0.1, 0.15) is 10.7 Å². The summed E-state index contributed by atoms with van der Waals surface area (Å²) in [4.78, 5) is 0. The van der Waals surface area contributed by atoms with Crippen molar-refractivity contribution in [3.8, 4) is 10.7 Å². The van der Waals surface area contributed by atoms with Crippen molar-refractivity contribution in [2.24, 2.45) is 0 Å². The van der Waals surface area contributed by atoms with Gasteiger partial charge in [0.05, 0.1) is 6.54 Å². The van der Waals surface area contributed by atoms with Gasteiger partial charge in [-0.2, -0.15) is 0 Å². The summed E-state index contributed by atoms with van der Waals surface area (Å²) in [6, 6.07) is 0. The third-order valence-electron chi connectivity index (χ3n) is 1.82. The highest BCUT2D eigenvalue weighted by atomic mass is 32.1. The van der Waals surface area contributed by atoms with Crippen LogP contribution < -0.4 is 5.32 Å². The molecule has 0 aliphatic heterocycles. The minimum absolute atomic E-state index is 0.0913. The number of hydrogen-bond acceptors (Lipinski definition) is 7. The normalized spacial score (nSPS) is 11.9. The van der Waals surface area contributed by atoms with Crippen molar-refractivity contribution in [2.45, 2.75) is 32.9 Å². The maximum absolute atomic E-state index is 4.12. The zero-order chi connectivity index (χ0) is 11.6. The second-order valence-electron chi connectivity index (χ2n) is 4.39. The summed E-state index contributed by atoms with van der Waals surface area (Å²) in [5, 5.41) is 19.2. The first-order chi connectivity index (χ1) is 7.54. The van der Waals surface area contributed by atoms with Gasteiger partial charge in [0.15, 0.2) is 5.01 Å². The molecule has 2 heterocycles. The maximum Gasteiger partial charge on any atom is 0.169 e. The standard InChI is InChI=1S/C9H13N5S2/c1-9(2,3)10-4-7-12-13-8(16-7)6-5-15-14-11-6/h5,10H,4H2,1-3H3. The van der Waals surface area contributed by atoms with Crippen molar-refractivity contribution < 1.29 is 0 Å². The Hall–Kier alpha value is -0.920. The van der Waals surface area contributed by atoms with Gasteiger partial charge < -0.3 is 5.32 Å². The highest BCUT2D eigenvalue weighted by molar-refractivity contribution is 7.14. The van der Waals surface area contributed by atoms with E-state index in [9.17, 15) is 0 Å². The Balaban J connectivity index is 2.03. The Kier molecular flexibility index (Phi) is 3.27. The fourth-order valence-electron chi connectivity index (χ4n) is 1.03. The van der Waals surface area contributed by atoms with Crippen molar-refractivity contribution >= 4 is 22.9 Å². The van der Waals surface area contributed by atoms with Gasteiger partial charge in [0, 0.05) is 10.9 Å². The van der Waals surface area contributed by atoms with E-state index in [1.807, 2.05) is 5.38 Å². The van der Waals surface area contributed by atoms with Gasteiger partial charge in [0.2, 0.25) is 0 Å². The molecule has 7 heteroatoms. The average Bonchev–Trinajstić information content (AvgIpc) is 2.84. The van der Waals surface area contributed by atoms with Crippen LogP contribution in [0.15, 0.2) is 5.38 Å². The molecule has 2 aromatic rings. The zero-order valence-corrected chi connectivity index (χ0v) is 11.0. The Labute approximate surface area is 102 Å². The molecule has 0 fully saturated rings. The lowest BCUT2D eigenvalue weighted by atomic mass is 10.1. The second-order valence-corrected chi connectivity index (χ2v) is 6.07. The van der Waals surface area contributed by atoms with Crippen molar-refractivity contribution in [2.75, 3.05) is 0 Å². The predicted molar refractivity (Wildman–Crippen MR) is 65.4 cm³/mol. The summed E-state index contributed by atoms with van der Waals surface area (Å²) in [5.74, 6) is 0. The largest absolute Gasteiger partial charge is 0.306 e. The molecule has 0 radical (unpaired) electrons. The van der Waals surface area contributed by atoms with Crippen LogP contribution in [0.2, 0.25) is 0 Å². The number of aromatic nitrogens is 4. The van der Waals surface area contributed by atoms with Crippen molar-refractivity contribution in [3.63, 3.8) is 0 Å². The molecule has 0 amide bonds. The summed E-state index contributed by atoms with van der Waals surface area (Å²) < 4.78 is 3.81. The predicted octanol–water partition coefficient (Wildman–Crippen LogP) is 1.94. The van der Waals surface area contributed by atoms with Gasteiger partial charge in [-0.05, 0) is 32.3 Å². The quantitative estimate of drug-likeness (QED) is 0.908. The minimum atomic E-state index is 0.0913. The van der Waals surface area contributed by atoms with E-state index in [1.54, 1.807) is 11.3 Å². The van der Waals surface area contributed by atoms with Crippen LogP contribution in [-0.4, -0.2) is 25.3 Å². The van der Waals surface area contributed by atoms with Crippen LogP contribution in [0.25, 0.3) is 10.7 Å². The lowest BCUT2D eigenvalue weighted by Crippen LogP contribution is -2.35. The molecule has 0 spiro atoms. The van der Waals surface area contributed by atoms with E-state index in [0.29, 0.717) is 0 Å². The highest BCUT2D eigenvalue weighted by Gasteiger charge is 2.12. The molecular weight excluding hydrogens is 242 g/mol. The van der Waals surface area contributed by atoms with E-state index in [1.165, 1.54) is 11.5 Å². The number of nitrogens with zero attached hydrogens (tertiary/aromatic N) is 4. The average molecular weight is 255 g/mol. The van der Waals surface area contributed by atoms with Crippen LogP contribution in [0.3, 0.4) is 0 Å². The molecule has 16 heavy (non-hydrogen) atoms.